The summed E-state index contributed by atoms with van der Waals surface area (Å²) in [5, 5.41) is 12.3. The summed E-state index contributed by atoms with van der Waals surface area (Å²) in [6, 6.07) is 0.301. The standard InChI is InChI=1S/C15H30N2O2/c1-6-14(3)7-9-17(10-8-14)12(2)11-15(4,16-5)13(18)19/h12,16H,6-11H2,1-5H3,(H,18,19). The SMILES string of the molecule is CCC1(C)CCN(C(C)CC(C)(NC)C(=O)O)CC1. The molecule has 1 heterocycles. The summed E-state index contributed by atoms with van der Waals surface area (Å²) < 4.78 is 0. The Bertz CT molecular complexity index is 311. The van der Waals surface area contributed by atoms with Crippen LogP contribution in [0.15, 0.2) is 0 Å². The molecule has 0 amide bonds. The number of rotatable bonds is 6. The summed E-state index contributed by atoms with van der Waals surface area (Å²) in [7, 11) is 1.73. The van der Waals surface area contributed by atoms with Crippen molar-refractivity contribution >= 4 is 5.97 Å². The molecule has 0 bridgehead atoms. The lowest BCUT2D eigenvalue weighted by Crippen LogP contribution is -2.53. The molecule has 0 aromatic carbocycles. The van der Waals surface area contributed by atoms with Gasteiger partial charge in [0, 0.05) is 6.04 Å². The molecule has 1 rings (SSSR count). The normalized spacial score (nSPS) is 24.7. The van der Waals surface area contributed by atoms with Crippen molar-refractivity contribution in [2.24, 2.45) is 5.41 Å². The Balaban J connectivity index is 2.56. The van der Waals surface area contributed by atoms with Gasteiger partial charge in [-0.3, -0.25) is 4.79 Å². The maximum atomic E-state index is 11.3. The number of hydrogen-bond acceptors (Lipinski definition) is 3. The van der Waals surface area contributed by atoms with E-state index in [2.05, 4.69) is 31.0 Å². The predicted octanol–water partition coefficient (Wildman–Crippen LogP) is 2.34. The first kappa shape index (κ1) is 16.4. The van der Waals surface area contributed by atoms with Gasteiger partial charge in [0.15, 0.2) is 0 Å². The first-order valence-corrected chi connectivity index (χ1v) is 7.43. The fourth-order valence-corrected chi connectivity index (χ4v) is 2.87. The van der Waals surface area contributed by atoms with Gasteiger partial charge in [0.1, 0.15) is 5.54 Å². The van der Waals surface area contributed by atoms with Crippen molar-refractivity contribution in [3.8, 4) is 0 Å². The monoisotopic (exact) mass is 270 g/mol. The number of likely N-dealkylation sites (tertiary alicyclic amines) is 1. The van der Waals surface area contributed by atoms with Crippen molar-refractivity contribution in [1.82, 2.24) is 10.2 Å². The van der Waals surface area contributed by atoms with E-state index in [9.17, 15) is 9.90 Å². The minimum atomic E-state index is -0.828. The van der Waals surface area contributed by atoms with Crippen LogP contribution in [0.3, 0.4) is 0 Å². The molecule has 0 aromatic rings. The van der Waals surface area contributed by atoms with E-state index in [1.807, 2.05) is 0 Å². The van der Waals surface area contributed by atoms with Crippen LogP contribution in [0.25, 0.3) is 0 Å². The van der Waals surface area contributed by atoms with Gasteiger partial charge in [-0.05, 0) is 58.7 Å². The van der Waals surface area contributed by atoms with Gasteiger partial charge in [-0.25, -0.2) is 0 Å². The van der Waals surface area contributed by atoms with Crippen molar-refractivity contribution in [3.63, 3.8) is 0 Å². The Hall–Kier alpha value is -0.610. The fourth-order valence-electron chi connectivity index (χ4n) is 2.87. The molecule has 0 spiro atoms. The van der Waals surface area contributed by atoms with Gasteiger partial charge in [-0.1, -0.05) is 20.3 Å². The average Bonchev–Trinajstić information content (AvgIpc) is 2.39. The molecule has 0 aromatic heterocycles. The van der Waals surface area contributed by atoms with E-state index >= 15 is 0 Å². The second-order valence-corrected chi connectivity index (χ2v) is 6.64. The number of carboxylic acid groups (broad SMARTS) is 1. The zero-order chi connectivity index (χ0) is 14.7. The number of carbonyl (C=O) groups is 1. The predicted molar refractivity (Wildman–Crippen MR) is 78.4 cm³/mol. The molecule has 1 aliphatic rings. The highest BCUT2D eigenvalue weighted by molar-refractivity contribution is 5.78. The molecule has 0 saturated carbocycles. The van der Waals surface area contributed by atoms with Gasteiger partial charge >= 0.3 is 5.97 Å². The van der Waals surface area contributed by atoms with E-state index < -0.39 is 11.5 Å². The minimum absolute atomic E-state index is 0.301. The number of nitrogens with one attached hydrogen (secondary N) is 1. The van der Waals surface area contributed by atoms with Crippen LogP contribution < -0.4 is 5.32 Å². The summed E-state index contributed by atoms with van der Waals surface area (Å²) >= 11 is 0. The number of likely N-dealkylation sites (N-methyl/N-ethyl adjacent to an activating group) is 1. The summed E-state index contributed by atoms with van der Waals surface area (Å²) in [6.07, 6.45) is 4.31. The number of hydrogen-bond donors (Lipinski definition) is 2. The van der Waals surface area contributed by atoms with Crippen LogP contribution in [-0.4, -0.2) is 47.7 Å². The molecule has 1 aliphatic heterocycles. The third-order valence-corrected chi connectivity index (χ3v) is 5.21. The van der Waals surface area contributed by atoms with E-state index in [1.54, 1.807) is 14.0 Å². The molecule has 112 valence electrons. The lowest BCUT2D eigenvalue weighted by molar-refractivity contribution is -0.144. The molecule has 2 atom stereocenters. The summed E-state index contributed by atoms with van der Waals surface area (Å²) in [6.45, 7) is 10.7. The van der Waals surface area contributed by atoms with Crippen LogP contribution in [0.5, 0.6) is 0 Å². The topological polar surface area (TPSA) is 52.6 Å². The van der Waals surface area contributed by atoms with Gasteiger partial charge in [0.25, 0.3) is 0 Å². The second-order valence-electron chi connectivity index (χ2n) is 6.64. The largest absolute Gasteiger partial charge is 0.480 e. The van der Waals surface area contributed by atoms with Crippen LogP contribution in [-0.2, 0) is 4.79 Å². The van der Waals surface area contributed by atoms with Crippen molar-refractivity contribution in [2.75, 3.05) is 20.1 Å². The van der Waals surface area contributed by atoms with Crippen molar-refractivity contribution in [2.45, 2.75) is 65.0 Å². The quantitative estimate of drug-likeness (QED) is 0.778. The Labute approximate surface area is 117 Å². The molecule has 19 heavy (non-hydrogen) atoms. The lowest BCUT2D eigenvalue weighted by atomic mass is 9.77. The molecule has 2 unspecified atom stereocenters. The van der Waals surface area contributed by atoms with E-state index in [1.165, 1.54) is 19.3 Å². The third kappa shape index (κ3) is 3.93. The highest BCUT2D eigenvalue weighted by Gasteiger charge is 2.36. The third-order valence-electron chi connectivity index (χ3n) is 5.21. The average molecular weight is 270 g/mol. The zero-order valence-corrected chi connectivity index (χ0v) is 13.1. The van der Waals surface area contributed by atoms with Crippen molar-refractivity contribution in [3.05, 3.63) is 0 Å². The Kier molecular flexibility index (Phi) is 5.39. The molecule has 2 N–H and O–H groups in total. The molecule has 4 nitrogen and oxygen atoms in total. The van der Waals surface area contributed by atoms with Gasteiger partial charge in [0.2, 0.25) is 0 Å². The second kappa shape index (κ2) is 6.23. The van der Waals surface area contributed by atoms with Gasteiger partial charge in [0.05, 0.1) is 0 Å². The first-order chi connectivity index (χ1) is 8.76. The number of carboxylic acids is 1. The minimum Gasteiger partial charge on any atom is -0.480 e. The van der Waals surface area contributed by atoms with E-state index in [0.717, 1.165) is 13.1 Å². The first-order valence-electron chi connectivity index (χ1n) is 7.43. The maximum Gasteiger partial charge on any atom is 0.323 e. The summed E-state index contributed by atoms with van der Waals surface area (Å²) in [5.74, 6) is -0.766. The Morgan fingerprint density at radius 1 is 1.47 bits per heavy atom. The maximum absolute atomic E-state index is 11.3. The highest BCUT2D eigenvalue weighted by atomic mass is 16.4. The smallest absolute Gasteiger partial charge is 0.323 e. The van der Waals surface area contributed by atoms with Crippen LogP contribution in [0.4, 0.5) is 0 Å². The Morgan fingerprint density at radius 3 is 2.37 bits per heavy atom. The highest BCUT2D eigenvalue weighted by Crippen LogP contribution is 2.35. The molecular formula is C15H30N2O2. The molecule has 0 aliphatic carbocycles. The molecule has 1 saturated heterocycles. The number of nitrogens with zero attached hydrogens (tertiary/aromatic N) is 1. The summed E-state index contributed by atoms with van der Waals surface area (Å²) in [4.78, 5) is 13.8. The van der Waals surface area contributed by atoms with Gasteiger partial charge in [-0.2, -0.15) is 0 Å². The van der Waals surface area contributed by atoms with E-state index in [4.69, 9.17) is 0 Å². The van der Waals surface area contributed by atoms with Crippen LogP contribution >= 0.6 is 0 Å². The van der Waals surface area contributed by atoms with Crippen LogP contribution in [0.2, 0.25) is 0 Å². The molecule has 0 radical (unpaired) electrons. The lowest BCUT2D eigenvalue weighted by Gasteiger charge is -2.43. The molecular weight excluding hydrogens is 240 g/mol. The van der Waals surface area contributed by atoms with Gasteiger partial charge in [-0.15, -0.1) is 0 Å². The van der Waals surface area contributed by atoms with Crippen molar-refractivity contribution in [1.29, 1.82) is 0 Å². The molecule has 4 heteroatoms. The number of aliphatic carboxylic acids is 1. The Morgan fingerprint density at radius 2 is 2.00 bits per heavy atom. The molecule has 1 fully saturated rings. The van der Waals surface area contributed by atoms with E-state index in [-0.39, 0.29) is 0 Å². The van der Waals surface area contributed by atoms with Crippen LogP contribution in [0, 0.1) is 5.41 Å². The fraction of sp³-hybridized carbons (Fsp3) is 0.933. The number of piperidine rings is 1. The zero-order valence-electron chi connectivity index (χ0n) is 13.1. The summed E-state index contributed by atoms with van der Waals surface area (Å²) in [5.41, 5.74) is -0.347. The van der Waals surface area contributed by atoms with Crippen molar-refractivity contribution < 1.29 is 9.90 Å². The van der Waals surface area contributed by atoms with Crippen LogP contribution in [0.1, 0.15) is 53.4 Å². The van der Waals surface area contributed by atoms with Gasteiger partial charge < -0.3 is 15.3 Å². The van der Waals surface area contributed by atoms with E-state index in [0.29, 0.717) is 17.9 Å².